The Morgan fingerprint density at radius 3 is 0.685 bits per heavy atom. The van der Waals surface area contributed by atoms with E-state index in [1.54, 1.807) is 21.3 Å². The average molecular weight is 1200 g/mol. The summed E-state index contributed by atoms with van der Waals surface area (Å²) >= 11 is 0. The minimum atomic E-state index is -0.150. The SMILES string of the molecule is CC1(C)c2ccccc2-c2ccccc21.COc1ccc(N(C)c2ccc(N(c3ccc(N(c4ccc(OC)cc4)c4ccc5c(c4)C(C)(C)c4ccccc4-5)cc3)c3ccc(N(c4ccc(OC)cc4)c4ccc5c(c4)C(C)(C)c4ccccc4-5)cc3)cc2)cc1. The van der Waals surface area contributed by atoms with Crippen molar-refractivity contribution >= 4 is 62.6 Å². The van der Waals surface area contributed by atoms with Crippen LogP contribution in [0.4, 0.5) is 62.6 Å². The highest BCUT2D eigenvalue weighted by Crippen LogP contribution is 2.54. The third-order valence-corrected chi connectivity index (χ3v) is 19.5. The lowest BCUT2D eigenvalue weighted by Crippen LogP contribution is -2.17. The summed E-state index contributed by atoms with van der Waals surface area (Å²) in [6.45, 7) is 13.9. The first kappa shape index (κ1) is 58.9. The molecule has 0 bridgehead atoms. The van der Waals surface area contributed by atoms with Crippen LogP contribution in [0.1, 0.15) is 74.9 Å². The van der Waals surface area contributed by atoms with Gasteiger partial charge in [0.1, 0.15) is 17.2 Å². The van der Waals surface area contributed by atoms with E-state index in [1.807, 2.05) is 36.4 Å². The predicted octanol–water partition coefficient (Wildman–Crippen LogP) is 22.5. The third kappa shape index (κ3) is 10.3. The van der Waals surface area contributed by atoms with Gasteiger partial charge in [0.15, 0.2) is 0 Å². The average Bonchev–Trinajstić information content (AvgIpc) is 1.59. The van der Waals surface area contributed by atoms with E-state index in [0.717, 1.165) is 79.8 Å². The molecular weight excluding hydrogens is 1120 g/mol. The number of hydrogen-bond acceptors (Lipinski definition) is 7. The fourth-order valence-corrected chi connectivity index (χ4v) is 14.4. The Hall–Kier alpha value is -10.8. The van der Waals surface area contributed by atoms with Gasteiger partial charge in [-0.3, -0.25) is 0 Å². The Morgan fingerprint density at radius 1 is 0.217 bits per heavy atom. The van der Waals surface area contributed by atoms with Crippen LogP contribution in [-0.4, -0.2) is 28.4 Å². The summed E-state index contributed by atoms with van der Waals surface area (Å²) in [6, 6.07) is 100. The highest BCUT2D eigenvalue weighted by Gasteiger charge is 2.38. The molecule has 454 valence electrons. The maximum absolute atomic E-state index is 5.63. The van der Waals surface area contributed by atoms with E-state index in [0.29, 0.717) is 0 Å². The lowest BCUT2D eigenvalue weighted by molar-refractivity contribution is 0.414. The second-order valence-electron chi connectivity index (χ2n) is 25.7. The molecule has 7 heteroatoms. The largest absolute Gasteiger partial charge is 0.497 e. The quantitative estimate of drug-likeness (QED) is 0.107. The fourth-order valence-electron chi connectivity index (χ4n) is 14.4. The van der Waals surface area contributed by atoms with E-state index >= 15 is 0 Å². The van der Waals surface area contributed by atoms with Gasteiger partial charge in [-0.05, 0) is 237 Å². The molecule has 0 N–H and O–H groups in total. The van der Waals surface area contributed by atoms with Crippen LogP contribution in [0.2, 0.25) is 0 Å². The normalized spacial score (nSPS) is 13.6. The van der Waals surface area contributed by atoms with E-state index < -0.39 is 0 Å². The number of ether oxygens (including phenoxy) is 3. The topological polar surface area (TPSA) is 40.7 Å². The standard InChI is InChI=1S/C70H62N4O3.C15H14/c1-69(2)65-15-11-9-13-61(65)63-43-35-56(45-67(63)69)73(54-31-39-59(76-7)40-32-54)52-25-21-50(22-26-52)72(49-19-17-47(18-20-49)71(5)48-29-37-58(75-6)38-30-48)51-23-27-53(28-24-51)74(55-33-41-60(77-8)42-34-55)57-36-44-64-62-14-10-12-16-66(62)70(3,4)68(64)46-57;1-15(2)13-9-5-3-7-11(13)12-8-4-6-10-14(12)15/h9-46H,1-8H3;3-10H,1-2H3. The summed E-state index contributed by atoms with van der Waals surface area (Å²) < 4.78 is 16.7. The van der Waals surface area contributed by atoms with Gasteiger partial charge in [-0.15, -0.1) is 0 Å². The summed E-state index contributed by atoms with van der Waals surface area (Å²) in [5, 5.41) is 0. The van der Waals surface area contributed by atoms with Crippen molar-refractivity contribution in [3.05, 3.63) is 312 Å². The molecule has 0 aliphatic heterocycles. The number of hydrogen-bond donors (Lipinski definition) is 0. The minimum Gasteiger partial charge on any atom is -0.497 e. The van der Waals surface area contributed by atoms with Crippen molar-refractivity contribution in [1.29, 1.82) is 0 Å². The Kier molecular flexibility index (Phi) is 15.1. The molecule has 3 aliphatic rings. The van der Waals surface area contributed by atoms with Gasteiger partial charge < -0.3 is 33.8 Å². The monoisotopic (exact) mass is 1200 g/mol. The van der Waals surface area contributed by atoms with Gasteiger partial charge >= 0.3 is 0 Å². The van der Waals surface area contributed by atoms with Crippen molar-refractivity contribution in [2.75, 3.05) is 48.0 Å². The van der Waals surface area contributed by atoms with E-state index in [-0.39, 0.29) is 16.2 Å². The van der Waals surface area contributed by atoms with E-state index in [9.17, 15) is 0 Å². The molecule has 0 saturated heterocycles. The van der Waals surface area contributed by atoms with Gasteiger partial charge in [0.2, 0.25) is 0 Å². The molecule has 12 aromatic carbocycles. The second-order valence-corrected chi connectivity index (χ2v) is 25.7. The Bertz CT molecular complexity index is 4420. The van der Waals surface area contributed by atoms with Gasteiger partial charge in [0, 0.05) is 85.9 Å². The van der Waals surface area contributed by atoms with Crippen LogP contribution >= 0.6 is 0 Å². The third-order valence-electron chi connectivity index (χ3n) is 19.5. The number of rotatable bonds is 14. The van der Waals surface area contributed by atoms with Crippen LogP contribution in [0.5, 0.6) is 17.2 Å². The van der Waals surface area contributed by atoms with Gasteiger partial charge in [0.25, 0.3) is 0 Å². The zero-order valence-corrected chi connectivity index (χ0v) is 54.1. The van der Waals surface area contributed by atoms with Crippen molar-refractivity contribution < 1.29 is 14.2 Å². The van der Waals surface area contributed by atoms with E-state index in [2.05, 4.69) is 311 Å². The molecule has 7 nitrogen and oxygen atoms in total. The van der Waals surface area contributed by atoms with Crippen molar-refractivity contribution in [3.8, 4) is 50.6 Å². The molecule has 0 amide bonds. The number of anilines is 11. The summed E-state index contributed by atoms with van der Waals surface area (Å²) in [5.74, 6) is 2.45. The summed E-state index contributed by atoms with van der Waals surface area (Å²) in [4.78, 5) is 9.22. The zero-order chi connectivity index (χ0) is 63.5. The molecule has 3 aliphatic carbocycles. The highest BCUT2D eigenvalue weighted by molar-refractivity contribution is 5.90. The number of fused-ring (bicyclic) bond motifs is 9. The fraction of sp³-hybridized carbons (Fsp3) is 0.153. The van der Waals surface area contributed by atoms with Gasteiger partial charge in [-0.1, -0.05) is 151 Å². The Labute approximate surface area is 542 Å². The van der Waals surface area contributed by atoms with Gasteiger partial charge in [-0.2, -0.15) is 0 Å². The summed E-state index contributed by atoms with van der Waals surface area (Å²) in [6.07, 6.45) is 0. The molecule has 0 spiro atoms. The maximum Gasteiger partial charge on any atom is 0.119 e. The van der Waals surface area contributed by atoms with E-state index in [4.69, 9.17) is 14.2 Å². The molecule has 0 unspecified atom stereocenters. The molecular formula is C85H76N4O3. The van der Waals surface area contributed by atoms with Crippen molar-refractivity contribution in [1.82, 2.24) is 0 Å². The smallest absolute Gasteiger partial charge is 0.119 e. The van der Waals surface area contributed by atoms with Crippen molar-refractivity contribution in [2.45, 2.75) is 57.8 Å². The molecule has 0 aromatic heterocycles. The number of benzene rings is 12. The van der Waals surface area contributed by atoms with Crippen molar-refractivity contribution in [2.24, 2.45) is 0 Å². The lowest BCUT2D eigenvalue weighted by Gasteiger charge is -2.31. The van der Waals surface area contributed by atoms with Gasteiger partial charge in [0.05, 0.1) is 21.3 Å². The van der Waals surface area contributed by atoms with Crippen LogP contribution in [0, 0.1) is 0 Å². The Balaban J connectivity index is 0.000000426. The minimum absolute atomic E-state index is 0.150. The zero-order valence-electron chi connectivity index (χ0n) is 54.1. The molecule has 0 heterocycles. The number of nitrogens with zero attached hydrogens (tertiary/aromatic N) is 4. The molecule has 12 aromatic rings. The van der Waals surface area contributed by atoms with Crippen LogP contribution in [0.15, 0.2) is 279 Å². The van der Waals surface area contributed by atoms with Crippen LogP contribution in [0.25, 0.3) is 33.4 Å². The Morgan fingerprint density at radius 2 is 0.413 bits per heavy atom. The van der Waals surface area contributed by atoms with E-state index in [1.165, 1.54) is 66.8 Å². The number of methoxy groups -OCH3 is 3. The van der Waals surface area contributed by atoms with Crippen LogP contribution in [0.3, 0.4) is 0 Å². The van der Waals surface area contributed by atoms with Crippen LogP contribution < -0.4 is 33.8 Å². The van der Waals surface area contributed by atoms with Gasteiger partial charge in [-0.25, -0.2) is 0 Å². The van der Waals surface area contributed by atoms with Crippen molar-refractivity contribution in [3.63, 3.8) is 0 Å². The second kappa shape index (κ2) is 23.6. The molecule has 92 heavy (non-hydrogen) atoms. The first-order chi connectivity index (χ1) is 44.7. The maximum atomic E-state index is 5.63. The highest BCUT2D eigenvalue weighted by atomic mass is 16.5. The lowest BCUT2D eigenvalue weighted by atomic mass is 9.82. The summed E-state index contributed by atoms with van der Waals surface area (Å²) in [5.41, 5.74) is 27.6. The summed E-state index contributed by atoms with van der Waals surface area (Å²) in [7, 11) is 7.21. The first-order valence-electron chi connectivity index (χ1n) is 31.7. The first-order valence-corrected chi connectivity index (χ1v) is 31.7. The molecule has 0 fully saturated rings. The molecule has 0 saturated carbocycles. The van der Waals surface area contributed by atoms with Crippen LogP contribution in [-0.2, 0) is 16.2 Å². The molecule has 15 rings (SSSR count). The molecule has 0 radical (unpaired) electrons. The predicted molar refractivity (Wildman–Crippen MR) is 384 cm³/mol. The molecule has 0 atom stereocenters.